The number of nitrogens with one attached hydrogen (secondary N) is 2. The smallest absolute Gasteiger partial charge is 0.305 e. The zero-order chi connectivity index (χ0) is 15.3. The van der Waals surface area contributed by atoms with Crippen LogP contribution in [0.2, 0.25) is 0 Å². The molecule has 3 N–H and O–H groups in total. The van der Waals surface area contributed by atoms with E-state index >= 15 is 0 Å². The van der Waals surface area contributed by atoms with E-state index in [2.05, 4.69) is 38.3 Å². The summed E-state index contributed by atoms with van der Waals surface area (Å²) in [7, 11) is 0. The van der Waals surface area contributed by atoms with E-state index in [1.807, 2.05) is 0 Å². The van der Waals surface area contributed by atoms with Crippen molar-refractivity contribution in [3.05, 3.63) is 0 Å². The van der Waals surface area contributed by atoms with E-state index < -0.39 is 5.97 Å². The highest BCUT2D eigenvalue weighted by Gasteiger charge is 2.28. The Labute approximate surface area is 121 Å². The Balaban J connectivity index is 2.58. The second kappa shape index (κ2) is 7.07. The molecule has 0 aliphatic carbocycles. The SMILES string of the molecule is CC1CCNC(C(=O)NC(CC(=O)O)CC(C)(C)C)C1. The van der Waals surface area contributed by atoms with Crippen LogP contribution in [0.5, 0.6) is 0 Å². The summed E-state index contributed by atoms with van der Waals surface area (Å²) in [5, 5.41) is 15.1. The number of carboxylic acid groups (broad SMARTS) is 1. The Hall–Kier alpha value is -1.10. The van der Waals surface area contributed by atoms with E-state index in [4.69, 9.17) is 5.11 Å². The number of rotatable bonds is 5. The Morgan fingerprint density at radius 2 is 2.05 bits per heavy atom. The van der Waals surface area contributed by atoms with Crippen molar-refractivity contribution in [3.8, 4) is 0 Å². The van der Waals surface area contributed by atoms with Gasteiger partial charge in [0, 0.05) is 6.04 Å². The molecule has 0 aromatic rings. The predicted octanol–water partition coefficient (Wildman–Crippen LogP) is 1.77. The first-order valence-corrected chi connectivity index (χ1v) is 7.43. The van der Waals surface area contributed by atoms with Crippen LogP contribution in [0, 0.1) is 11.3 Å². The molecule has 1 aliphatic heterocycles. The highest BCUT2D eigenvalue weighted by Crippen LogP contribution is 2.23. The van der Waals surface area contributed by atoms with Gasteiger partial charge < -0.3 is 15.7 Å². The molecular formula is C15H28N2O3. The number of amides is 1. The summed E-state index contributed by atoms with van der Waals surface area (Å²) in [6, 6.07) is -0.492. The molecule has 5 nitrogen and oxygen atoms in total. The fraction of sp³-hybridized carbons (Fsp3) is 0.867. The Morgan fingerprint density at radius 1 is 1.40 bits per heavy atom. The summed E-state index contributed by atoms with van der Waals surface area (Å²) in [6.45, 7) is 9.14. The third kappa shape index (κ3) is 6.37. The first-order valence-electron chi connectivity index (χ1n) is 7.43. The summed E-state index contributed by atoms with van der Waals surface area (Å²) in [5.74, 6) is -0.399. The van der Waals surface area contributed by atoms with Gasteiger partial charge in [-0.3, -0.25) is 9.59 Å². The van der Waals surface area contributed by atoms with Crippen molar-refractivity contribution in [2.24, 2.45) is 11.3 Å². The maximum atomic E-state index is 12.3. The zero-order valence-electron chi connectivity index (χ0n) is 13.0. The van der Waals surface area contributed by atoms with E-state index in [9.17, 15) is 9.59 Å². The lowest BCUT2D eigenvalue weighted by Crippen LogP contribution is -2.51. The molecule has 0 spiro atoms. The Bertz CT molecular complexity index is 350. The van der Waals surface area contributed by atoms with Crippen LogP contribution < -0.4 is 10.6 Å². The monoisotopic (exact) mass is 284 g/mol. The van der Waals surface area contributed by atoms with Crippen LogP contribution >= 0.6 is 0 Å². The minimum Gasteiger partial charge on any atom is -0.481 e. The van der Waals surface area contributed by atoms with E-state index in [1.54, 1.807) is 0 Å². The third-order valence-corrected chi connectivity index (χ3v) is 3.61. The molecule has 0 aromatic carbocycles. The Morgan fingerprint density at radius 3 is 2.55 bits per heavy atom. The Kier molecular flexibility index (Phi) is 5.99. The van der Waals surface area contributed by atoms with Crippen molar-refractivity contribution in [3.63, 3.8) is 0 Å². The van der Waals surface area contributed by atoms with Crippen LogP contribution in [-0.4, -0.2) is 35.6 Å². The zero-order valence-corrected chi connectivity index (χ0v) is 13.0. The lowest BCUT2D eigenvalue weighted by Gasteiger charge is -2.31. The molecule has 0 aromatic heterocycles. The van der Waals surface area contributed by atoms with Gasteiger partial charge in [0.25, 0.3) is 0 Å². The van der Waals surface area contributed by atoms with E-state index in [0.29, 0.717) is 12.3 Å². The van der Waals surface area contributed by atoms with Gasteiger partial charge in [-0.2, -0.15) is 0 Å². The molecule has 20 heavy (non-hydrogen) atoms. The fourth-order valence-electron chi connectivity index (χ4n) is 2.73. The summed E-state index contributed by atoms with van der Waals surface area (Å²) < 4.78 is 0. The molecule has 0 saturated carbocycles. The third-order valence-electron chi connectivity index (χ3n) is 3.61. The number of carbonyl (C=O) groups is 2. The first kappa shape index (κ1) is 17.0. The van der Waals surface area contributed by atoms with Gasteiger partial charge in [0.1, 0.15) is 0 Å². The number of piperidine rings is 1. The van der Waals surface area contributed by atoms with Crippen molar-refractivity contribution in [2.75, 3.05) is 6.54 Å². The molecule has 1 aliphatic rings. The molecular weight excluding hydrogens is 256 g/mol. The summed E-state index contributed by atoms with van der Waals surface area (Å²) in [6.07, 6.45) is 2.55. The van der Waals surface area contributed by atoms with E-state index in [1.165, 1.54) is 0 Å². The highest BCUT2D eigenvalue weighted by molar-refractivity contribution is 5.82. The number of aliphatic carboxylic acids is 1. The number of carboxylic acids is 1. The first-order chi connectivity index (χ1) is 9.17. The molecule has 116 valence electrons. The quantitative estimate of drug-likeness (QED) is 0.719. The predicted molar refractivity (Wildman–Crippen MR) is 78.4 cm³/mol. The van der Waals surface area contributed by atoms with Crippen LogP contribution in [-0.2, 0) is 9.59 Å². The van der Waals surface area contributed by atoms with Gasteiger partial charge in [-0.05, 0) is 37.1 Å². The van der Waals surface area contributed by atoms with Gasteiger partial charge >= 0.3 is 5.97 Å². The normalized spacial score (nSPS) is 25.0. The molecule has 1 saturated heterocycles. The molecule has 1 rings (SSSR count). The lowest BCUT2D eigenvalue weighted by molar-refractivity contribution is -0.138. The summed E-state index contributed by atoms with van der Waals surface area (Å²) >= 11 is 0. The van der Waals surface area contributed by atoms with E-state index in [0.717, 1.165) is 19.4 Å². The van der Waals surface area contributed by atoms with Gasteiger partial charge in [-0.1, -0.05) is 27.7 Å². The maximum Gasteiger partial charge on any atom is 0.305 e. The molecule has 5 heteroatoms. The standard InChI is InChI=1S/C15H28N2O3/c1-10-5-6-16-12(7-10)14(20)17-11(8-13(18)19)9-15(2,3)4/h10-12,16H,5-9H2,1-4H3,(H,17,20)(H,18,19). The second-order valence-corrected chi connectivity index (χ2v) is 7.20. The van der Waals surface area contributed by atoms with Gasteiger partial charge in [0.05, 0.1) is 12.5 Å². The van der Waals surface area contributed by atoms with Crippen molar-refractivity contribution in [1.82, 2.24) is 10.6 Å². The van der Waals surface area contributed by atoms with E-state index in [-0.39, 0.29) is 29.8 Å². The van der Waals surface area contributed by atoms with Gasteiger partial charge in [-0.15, -0.1) is 0 Å². The molecule has 0 radical (unpaired) electrons. The minimum atomic E-state index is -0.871. The molecule has 1 heterocycles. The minimum absolute atomic E-state index is 0.0132. The number of carbonyl (C=O) groups excluding carboxylic acids is 1. The van der Waals surface area contributed by atoms with Crippen molar-refractivity contribution >= 4 is 11.9 Å². The molecule has 1 amide bonds. The molecule has 3 unspecified atom stereocenters. The molecule has 3 atom stereocenters. The largest absolute Gasteiger partial charge is 0.481 e. The summed E-state index contributed by atoms with van der Waals surface area (Å²) in [4.78, 5) is 23.2. The van der Waals surface area contributed by atoms with Crippen LogP contribution in [0.4, 0.5) is 0 Å². The number of hydrogen-bond acceptors (Lipinski definition) is 3. The van der Waals surface area contributed by atoms with Crippen molar-refractivity contribution < 1.29 is 14.7 Å². The average Bonchev–Trinajstić information content (AvgIpc) is 2.25. The van der Waals surface area contributed by atoms with Gasteiger partial charge in [0.15, 0.2) is 0 Å². The van der Waals surface area contributed by atoms with Gasteiger partial charge in [-0.25, -0.2) is 0 Å². The summed E-state index contributed by atoms with van der Waals surface area (Å²) in [5.41, 5.74) is -0.0132. The van der Waals surface area contributed by atoms with Crippen molar-refractivity contribution in [1.29, 1.82) is 0 Å². The fourth-order valence-corrected chi connectivity index (χ4v) is 2.73. The molecule has 0 bridgehead atoms. The highest BCUT2D eigenvalue weighted by atomic mass is 16.4. The van der Waals surface area contributed by atoms with Crippen LogP contribution in [0.25, 0.3) is 0 Å². The van der Waals surface area contributed by atoms with Crippen LogP contribution in [0.15, 0.2) is 0 Å². The lowest BCUT2D eigenvalue weighted by atomic mass is 9.86. The molecule has 1 fully saturated rings. The van der Waals surface area contributed by atoms with Gasteiger partial charge in [0.2, 0.25) is 5.91 Å². The number of hydrogen-bond donors (Lipinski definition) is 3. The average molecular weight is 284 g/mol. The van der Waals surface area contributed by atoms with Crippen molar-refractivity contribution in [2.45, 2.75) is 65.5 Å². The topological polar surface area (TPSA) is 78.4 Å². The van der Waals surface area contributed by atoms with Crippen LogP contribution in [0.1, 0.15) is 53.4 Å². The van der Waals surface area contributed by atoms with Crippen LogP contribution in [0.3, 0.4) is 0 Å². The maximum absolute atomic E-state index is 12.3. The second-order valence-electron chi connectivity index (χ2n) is 7.20.